The lowest BCUT2D eigenvalue weighted by Gasteiger charge is -2.32. The van der Waals surface area contributed by atoms with Crippen molar-refractivity contribution in [3.05, 3.63) is 35.4 Å². The molecule has 1 aromatic rings. The fraction of sp³-hybridized carbons (Fsp3) is 0.684. The van der Waals surface area contributed by atoms with Crippen molar-refractivity contribution in [3.8, 4) is 0 Å². The van der Waals surface area contributed by atoms with Crippen molar-refractivity contribution in [2.75, 3.05) is 52.9 Å². The molecule has 122 valence electrons. The number of piperazine rings is 1. The molecule has 0 unspecified atom stereocenters. The minimum Gasteiger partial charge on any atom is -0.304 e. The van der Waals surface area contributed by atoms with Crippen LogP contribution in [0.15, 0.2) is 24.3 Å². The predicted octanol–water partition coefficient (Wildman–Crippen LogP) is 2.46. The molecule has 0 bridgehead atoms. The van der Waals surface area contributed by atoms with Gasteiger partial charge < -0.3 is 9.80 Å². The SMILES string of the molecule is CN1CCN(CCCc2ccc(CN3CCCC3)cc2)CC1. The van der Waals surface area contributed by atoms with Crippen LogP contribution < -0.4 is 0 Å². The average molecular weight is 301 g/mol. The van der Waals surface area contributed by atoms with E-state index in [0.717, 1.165) is 6.54 Å². The first-order chi connectivity index (χ1) is 10.8. The Bertz CT molecular complexity index is 428. The van der Waals surface area contributed by atoms with Gasteiger partial charge in [0.05, 0.1) is 0 Å². The van der Waals surface area contributed by atoms with Crippen molar-refractivity contribution in [3.63, 3.8) is 0 Å². The van der Waals surface area contributed by atoms with Crippen LogP contribution in [0.4, 0.5) is 0 Å². The fourth-order valence-corrected chi connectivity index (χ4v) is 3.59. The van der Waals surface area contributed by atoms with Gasteiger partial charge in [-0.2, -0.15) is 0 Å². The number of hydrogen-bond donors (Lipinski definition) is 0. The van der Waals surface area contributed by atoms with Crippen molar-refractivity contribution in [1.82, 2.24) is 14.7 Å². The van der Waals surface area contributed by atoms with Crippen molar-refractivity contribution in [1.29, 1.82) is 0 Å². The zero-order valence-corrected chi connectivity index (χ0v) is 14.1. The second kappa shape index (κ2) is 8.09. The van der Waals surface area contributed by atoms with Crippen molar-refractivity contribution >= 4 is 0 Å². The Hall–Kier alpha value is -0.900. The van der Waals surface area contributed by atoms with E-state index in [-0.39, 0.29) is 0 Å². The summed E-state index contributed by atoms with van der Waals surface area (Å²) in [7, 11) is 2.22. The number of aryl methyl sites for hydroxylation is 1. The van der Waals surface area contributed by atoms with Gasteiger partial charge in [-0.1, -0.05) is 24.3 Å². The largest absolute Gasteiger partial charge is 0.304 e. The molecule has 2 aliphatic rings. The molecule has 2 aliphatic heterocycles. The van der Waals surface area contributed by atoms with Crippen LogP contribution >= 0.6 is 0 Å². The van der Waals surface area contributed by atoms with Gasteiger partial charge in [0, 0.05) is 32.7 Å². The first-order valence-electron chi connectivity index (χ1n) is 9.01. The van der Waals surface area contributed by atoms with Crippen LogP contribution in [0.25, 0.3) is 0 Å². The molecule has 0 aliphatic carbocycles. The van der Waals surface area contributed by atoms with E-state index in [1.807, 2.05) is 0 Å². The highest BCUT2D eigenvalue weighted by Crippen LogP contribution is 2.14. The van der Waals surface area contributed by atoms with Crippen LogP contribution in [-0.2, 0) is 13.0 Å². The maximum Gasteiger partial charge on any atom is 0.0233 e. The molecule has 0 N–H and O–H groups in total. The standard InChI is InChI=1S/C19H31N3/c1-20-13-15-21(16-14-20)12-4-5-18-6-8-19(9-7-18)17-22-10-2-3-11-22/h6-9H,2-5,10-17H2,1H3. The highest BCUT2D eigenvalue weighted by molar-refractivity contribution is 5.22. The second-order valence-electron chi connectivity index (χ2n) is 7.05. The maximum atomic E-state index is 2.61. The Morgan fingerprint density at radius 2 is 1.41 bits per heavy atom. The molecular formula is C19H31N3. The van der Waals surface area contributed by atoms with E-state index in [4.69, 9.17) is 0 Å². The fourth-order valence-electron chi connectivity index (χ4n) is 3.59. The van der Waals surface area contributed by atoms with Crippen LogP contribution in [0.5, 0.6) is 0 Å². The molecule has 2 heterocycles. The van der Waals surface area contributed by atoms with E-state index in [1.54, 1.807) is 0 Å². The molecule has 22 heavy (non-hydrogen) atoms. The van der Waals surface area contributed by atoms with Crippen molar-refractivity contribution in [2.24, 2.45) is 0 Å². The van der Waals surface area contributed by atoms with E-state index in [2.05, 4.69) is 46.0 Å². The summed E-state index contributed by atoms with van der Waals surface area (Å²) in [6, 6.07) is 9.36. The summed E-state index contributed by atoms with van der Waals surface area (Å²) in [5.74, 6) is 0. The van der Waals surface area contributed by atoms with Gasteiger partial charge in [-0.25, -0.2) is 0 Å². The molecule has 0 amide bonds. The molecule has 3 nitrogen and oxygen atoms in total. The number of likely N-dealkylation sites (N-methyl/N-ethyl adjacent to an activating group) is 1. The number of likely N-dealkylation sites (tertiary alicyclic amines) is 1. The zero-order valence-electron chi connectivity index (χ0n) is 14.1. The minimum absolute atomic E-state index is 1.14. The number of rotatable bonds is 6. The van der Waals surface area contributed by atoms with Crippen LogP contribution in [0, 0.1) is 0 Å². The summed E-state index contributed by atoms with van der Waals surface area (Å²) >= 11 is 0. The van der Waals surface area contributed by atoms with Crippen molar-refractivity contribution < 1.29 is 0 Å². The quantitative estimate of drug-likeness (QED) is 0.799. The monoisotopic (exact) mass is 301 g/mol. The summed E-state index contributed by atoms with van der Waals surface area (Å²) in [5, 5.41) is 0. The zero-order chi connectivity index (χ0) is 15.2. The smallest absolute Gasteiger partial charge is 0.0233 e. The predicted molar refractivity (Wildman–Crippen MR) is 93.2 cm³/mol. The van der Waals surface area contributed by atoms with Gasteiger partial charge >= 0.3 is 0 Å². The second-order valence-corrected chi connectivity index (χ2v) is 7.05. The normalized spacial score (nSPS) is 21.5. The van der Waals surface area contributed by atoms with Gasteiger partial charge in [-0.05, 0) is 63.5 Å². The lowest BCUT2D eigenvalue weighted by atomic mass is 10.1. The third-order valence-electron chi connectivity index (χ3n) is 5.16. The Balaban J connectivity index is 1.37. The van der Waals surface area contributed by atoms with Gasteiger partial charge in [0.25, 0.3) is 0 Å². The van der Waals surface area contributed by atoms with Crippen LogP contribution in [0.2, 0.25) is 0 Å². The Morgan fingerprint density at radius 1 is 0.773 bits per heavy atom. The Morgan fingerprint density at radius 3 is 2.09 bits per heavy atom. The molecule has 0 radical (unpaired) electrons. The van der Waals surface area contributed by atoms with Crippen molar-refractivity contribution in [2.45, 2.75) is 32.2 Å². The number of nitrogens with zero attached hydrogens (tertiary/aromatic N) is 3. The lowest BCUT2D eigenvalue weighted by Crippen LogP contribution is -2.44. The highest BCUT2D eigenvalue weighted by atomic mass is 15.2. The van der Waals surface area contributed by atoms with Gasteiger partial charge in [-0.15, -0.1) is 0 Å². The summed E-state index contributed by atoms with van der Waals surface area (Å²) < 4.78 is 0. The molecule has 0 spiro atoms. The first kappa shape index (κ1) is 16.0. The van der Waals surface area contributed by atoms with Crippen LogP contribution in [-0.4, -0.2) is 67.6 Å². The first-order valence-corrected chi connectivity index (χ1v) is 9.01. The molecule has 3 rings (SSSR count). The summed E-state index contributed by atoms with van der Waals surface area (Å²) in [6.45, 7) is 9.90. The summed E-state index contributed by atoms with van der Waals surface area (Å²) in [6.07, 6.45) is 5.26. The summed E-state index contributed by atoms with van der Waals surface area (Å²) in [4.78, 5) is 7.61. The van der Waals surface area contributed by atoms with Crippen LogP contribution in [0.3, 0.4) is 0 Å². The molecule has 0 atom stereocenters. The molecule has 0 saturated carbocycles. The van der Waals surface area contributed by atoms with Crippen LogP contribution in [0.1, 0.15) is 30.4 Å². The topological polar surface area (TPSA) is 9.72 Å². The summed E-state index contributed by atoms with van der Waals surface area (Å²) in [5.41, 5.74) is 2.98. The Kier molecular flexibility index (Phi) is 5.88. The molecule has 0 aromatic heterocycles. The average Bonchev–Trinajstić information content (AvgIpc) is 3.04. The third kappa shape index (κ3) is 4.80. The number of benzene rings is 1. The van der Waals surface area contributed by atoms with Gasteiger partial charge in [0.1, 0.15) is 0 Å². The minimum atomic E-state index is 1.14. The van der Waals surface area contributed by atoms with E-state index in [1.165, 1.54) is 82.6 Å². The molecule has 2 fully saturated rings. The molecule has 1 aromatic carbocycles. The van der Waals surface area contributed by atoms with E-state index in [0.29, 0.717) is 0 Å². The van der Waals surface area contributed by atoms with E-state index in [9.17, 15) is 0 Å². The lowest BCUT2D eigenvalue weighted by molar-refractivity contribution is 0.153. The molecule has 3 heteroatoms. The maximum absolute atomic E-state index is 2.61. The molecule has 2 saturated heterocycles. The van der Waals surface area contributed by atoms with E-state index >= 15 is 0 Å². The number of hydrogen-bond acceptors (Lipinski definition) is 3. The van der Waals surface area contributed by atoms with Gasteiger partial charge in [0.15, 0.2) is 0 Å². The Labute approximate surface area is 135 Å². The van der Waals surface area contributed by atoms with Gasteiger partial charge in [0.2, 0.25) is 0 Å². The highest BCUT2D eigenvalue weighted by Gasteiger charge is 2.13. The molecular weight excluding hydrogens is 270 g/mol. The van der Waals surface area contributed by atoms with Gasteiger partial charge in [-0.3, -0.25) is 4.90 Å². The third-order valence-corrected chi connectivity index (χ3v) is 5.16. The van der Waals surface area contributed by atoms with E-state index < -0.39 is 0 Å².